The zero-order chi connectivity index (χ0) is 13.0. The second-order valence-electron chi connectivity index (χ2n) is 4.19. The minimum absolute atomic E-state index is 0.435. The smallest absolute Gasteiger partial charge is 0.326 e. The van der Waals surface area contributed by atoms with Crippen molar-refractivity contribution < 1.29 is 14.6 Å². The van der Waals surface area contributed by atoms with Crippen LogP contribution in [0.25, 0.3) is 0 Å². The second-order valence-corrected chi connectivity index (χ2v) is 4.19. The predicted octanol–water partition coefficient (Wildman–Crippen LogP) is 1.32. The van der Waals surface area contributed by atoms with Crippen LogP contribution >= 0.6 is 0 Å². The fourth-order valence-corrected chi connectivity index (χ4v) is 2.16. The summed E-state index contributed by atoms with van der Waals surface area (Å²) in [5, 5.41) is 9.22. The van der Waals surface area contributed by atoms with E-state index in [1.54, 1.807) is 11.1 Å². The van der Waals surface area contributed by atoms with Crippen molar-refractivity contribution in [2.24, 2.45) is 0 Å². The van der Waals surface area contributed by atoms with Crippen LogP contribution in [0.5, 0.6) is 5.88 Å². The summed E-state index contributed by atoms with van der Waals surface area (Å²) in [5.41, 5.74) is 0. The summed E-state index contributed by atoms with van der Waals surface area (Å²) in [5.74, 6) is 0.205. The molecule has 1 N–H and O–H groups in total. The highest BCUT2D eigenvalue weighted by molar-refractivity contribution is 5.77. The van der Waals surface area contributed by atoms with Crippen molar-refractivity contribution >= 4 is 11.8 Å². The predicted molar refractivity (Wildman–Crippen MR) is 65.8 cm³/mol. The Morgan fingerprint density at radius 3 is 3.11 bits per heavy atom. The van der Waals surface area contributed by atoms with Gasteiger partial charge in [0.15, 0.2) is 5.82 Å². The van der Waals surface area contributed by atoms with Crippen LogP contribution in [0, 0.1) is 0 Å². The van der Waals surface area contributed by atoms with E-state index in [1.807, 2.05) is 6.92 Å². The lowest BCUT2D eigenvalue weighted by molar-refractivity contribution is -0.139. The van der Waals surface area contributed by atoms with E-state index in [1.165, 1.54) is 6.20 Å². The molecule has 0 aromatic carbocycles. The maximum atomic E-state index is 11.2. The van der Waals surface area contributed by atoms with Crippen molar-refractivity contribution in [2.45, 2.75) is 32.2 Å². The molecule has 6 nitrogen and oxygen atoms in total. The number of carboxylic acid groups (broad SMARTS) is 1. The molecule has 1 aromatic heterocycles. The number of nitrogens with zero attached hydrogens (tertiary/aromatic N) is 3. The van der Waals surface area contributed by atoms with Gasteiger partial charge in [-0.1, -0.05) is 0 Å². The number of ether oxygens (including phenoxy) is 1. The largest absolute Gasteiger partial charge is 0.480 e. The van der Waals surface area contributed by atoms with Crippen molar-refractivity contribution in [1.29, 1.82) is 0 Å². The highest BCUT2D eigenvalue weighted by Crippen LogP contribution is 2.24. The molecule has 0 bridgehead atoms. The Morgan fingerprint density at radius 2 is 2.39 bits per heavy atom. The zero-order valence-electron chi connectivity index (χ0n) is 10.4. The van der Waals surface area contributed by atoms with Gasteiger partial charge in [-0.05, 0) is 26.2 Å². The quantitative estimate of drug-likeness (QED) is 0.869. The Bertz CT molecular complexity index is 425. The van der Waals surface area contributed by atoms with Gasteiger partial charge in [0.1, 0.15) is 6.04 Å². The molecule has 2 heterocycles. The summed E-state index contributed by atoms with van der Waals surface area (Å²) < 4.78 is 5.29. The van der Waals surface area contributed by atoms with Gasteiger partial charge < -0.3 is 14.7 Å². The number of aliphatic carboxylic acids is 1. The van der Waals surface area contributed by atoms with Gasteiger partial charge in [-0.3, -0.25) is 4.98 Å². The Hall–Kier alpha value is -1.85. The lowest BCUT2D eigenvalue weighted by atomic mass is 10.0. The van der Waals surface area contributed by atoms with Crippen LogP contribution < -0.4 is 9.64 Å². The molecule has 2 rings (SSSR count). The van der Waals surface area contributed by atoms with Gasteiger partial charge >= 0.3 is 5.97 Å². The van der Waals surface area contributed by atoms with E-state index in [0.717, 1.165) is 12.8 Å². The molecule has 1 fully saturated rings. The fraction of sp³-hybridized carbons (Fsp3) is 0.583. The van der Waals surface area contributed by atoms with E-state index < -0.39 is 12.0 Å². The monoisotopic (exact) mass is 251 g/mol. The first kappa shape index (κ1) is 12.6. The van der Waals surface area contributed by atoms with Gasteiger partial charge in [0.2, 0.25) is 5.88 Å². The molecule has 0 spiro atoms. The van der Waals surface area contributed by atoms with Gasteiger partial charge in [-0.25, -0.2) is 4.79 Å². The number of anilines is 1. The molecule has 1 atom stereocenters. The van der Waals surface area contributed by atoms with Crippen LogP contribution in [-0.2, 0) is 4.79 Å². The van der Waals surface area contributed by atoms with E-state index in [-0.39, 0.29) is 0 Å². The Morgan fingerprint density at radius 1 is 1.56 bits per heavy atom. The van der Waals surface area contributed by atoms with Gasteiger partial charge in [0.25, 0.3) is 0 Å². The molecular formula is C12H17N3O3. The maximum Gasteiger partial charge on any atom is 0.326 e. The first-order valence-corrected chi connectivity index (χ1v) is 6.16. The number of carbonyl (C=O) groups is 1. The van der Waals surface area contributed by atoms with Crippen LogP contribution in [0.3, 0.4) is 0 Å². The number of aromatic nitrogens is 2. The van der Waals surface area contributed by atoms with Crippen LogP contribution in [0.2, 0.25) is 0 Å². The molecule has 18 heavy (non-hydrogen) atoms. The van der Waals surface area contributed by atoms with Gasteiger partial charge in [0.05, 0.1) is 19.0 Å². The lowest BCUT2D eigenvalue weighted by Gasteiger charge is -2.33. The van der Waals surface area contributed by atoms with E-state index >= 15 is 0 Å². The van der Waals surface area contributed by atoms with Crippen molar-refractivity contribution in [1.82, 2.24) is 9.97 Å². The van der Waals surface area contributed by atoms with Crippen LogP contribution in [-0.4, -0.2) is 40.2 Å². The molecule has 0 saturated carbocycles. The zero-order valence-corrected chi connectivity index (χ0v) is 10.4. The maximum absolute atomic E-state index is 11.2. The summed E-state index contributed by atoms with van der Waals surface area (Å²) in [6.07, 6.45) is 5.68. The number of piperidine rings is 1. The van der Waals surface area contributed by atoms with Gasteiger partial charge in [-0.2, -0.15) is 4.98 Å². The summed E-state index contributed by atoms with van der Waals surface area (Å²) in [6, 6.07) is -0.509. The molecule has 0 aliphatic carbocycles. The summed E-state index contributed by atoms with van der Waals surface area (Å²) >= 11 is 0. The summed E-state index contributed by atoms with van der Waals surface area (Å²) in [7, 11) is 0. The fourth-order valence-electron chi connectivity index (χ4n) is 2.16. The summed E-state index contributed by atoms with van der Waals surface area (Å²) in [6.45, 7) is 3.08. The van der Waals surface area contributed by atoms with Crippen LogP contribution in [0.4, 0.5) is 5.82 Å². The molecular weight excluding hydrogens is 234 g/mol. The number of hydrogen-bond donors (Lipinski definition) is 1. The molecule has 1 aliphatic heterocycles. The molecule has 0 radical (unpaired) electrons. The third kappa shape index (κ3) is 2.69. The average molecular weight is 251 g/mol. The van der Waals surface area contributed by atoms with Gasteiger partial charge in [0, 0.05) is 6.54 Å². The Kier molecular flexibility index (Phi) is 3.96. The topological polar surface area (TPSA) is 75.5 Å². The second kappa shape index (κ2) is 5.66. The average Bonchev–Trinajstić information content (AvgIpc) is 2.39. The molecule has 98 valence electrons. The SMILES string of the molecule is CCOc1cncc(N2CCCCC2C(=O)O)n1. The minimum atomic E-state index is -0.807. The van der Waals surface area contributed by atoms with E-state index in [9.17, 15) is 9.90 Å². The molecule has 6 heteroatoms. The normalized spacial score (nSPS) is 19.6. The Balaban J connectivity index is 2.22. The third-order valence-electron chi connectivity index (χ3n) is 2.97. The first-order valence-electron chi connectivity index (χ1n) is 6.16. The van der Waals surface area contributed by atoms with Gasteiger partial charge in [-0.15, -0.1) is 0 Å². The highest BCUT2D eigenvalue weighted by atomic mass is 16.5. The number of hydrogen-bond acceptors (Lipinski definition) is 5. The Labute approximate surface area is 106 Å². The van der Waals surface area contributed by atoms with Crippen LogP contribution in [0.15, 0.2) is 12.4 Å². The molecule has 1 saturated heterocycles. The van der Waals surface area contributed by atoms with E-state index in [0.29, 0.717) is 31.3 Å². The summed E-state index contributed by atoms with van der Waals surface area (Å²) in [4.78, 5) is 21.4. The van der Waals surface area contributed by atoms with Crippen molar-refractivity contribution in [3.63, 3.8) is 0 Å². The number of rotatable bonds is 4. The van der Waals surface area contributed by atoms with E-state index in [4.69, 9.17) is 4.74 Å². The highest BCUT2D eigenvalue weighted by Gasteiger charge is 2.29. The van der Waals surface area contributed by atoms with Crippen LogP contribution in [0.1, 0.15) is 26.2 Å². The molecule has 1 unspecified atom stereocenters. The molecule has 1 aromatic rings. The lowest BCUT2D eigenvalue weighted by Crippen LogP contribution is -2.45. The minimum Gasteiger partial charge on any atom is -0.480 e. The molecule has 1 aliphatic rings. The first-order chi connectivity index (χ1) is 8.72. The molecule has 0 amide bonds. The van der Waals surface area contributed by atoms with Crippen molar-refractivity contribution in [2.75, 3.05) is 18.1 Å². The van der Waals surface area contributed by atoms with Crippen molar-refractivity contribution in [3.8, 4) is 5.88 Å². The third-order valence-corrected chi connectivity index (χ3v) is 2.97. The standard InChI is InChI=1S/C12H17N3O3/c1-2-18-11-8-13-7-10(14-11)15-6-4-3-5-9(15)12(16)17/h7-9H,2-6H2,1H3,(H,16,17). The number of carboxylic acids is 1. The van der Waals surface area contributed by atoms with Crippen molar-refractivity contribution in [3.05, 3.63) is 12.4 Å². The van der Waals surface area contributed by atoms with E-state index in [2.05, 4.69) is 9.97 Å².